The molecule has 0 aliphatic carbocycles. The fourth-order valence-electron chi connectivity index (χ4n) is 1.44. The lowest BCUT2D eigenvalue weighted by Crippen LogP contribution is -1.87. The van der Waals surface area contributed by atoms with Gasteiger partial charge in [-0.25, -0.2) is 0 Å². The number of aromatic hydroxyl groups is 1. The maximum atomic E-state index is 10.8. The zero-order chi connectivity index (χ0) is 10.8. The van der Waals surface area contributed by atoms with Crippen LogP contribution in [0.2, 0.25) is 0 Å². The highest BCUT2D eigenvalue weighted by Crippen LogP contribution is 2.22. The molecule has 0 fully saturated rings. The molecule has 1 aromatic heterocycles. The molecule has 15 heavy (non-hydrogen) atoms. The number of carbonyl (C=O) groups excluding carboxylic acids is 1. The van der Waals surface area contributed by atoms with Crippen molar-refractivity contribution < 1.29 is 9.90 Å². The van der Waals surface area contributed by atoms with Gasteiger partial charge in [-0.1, -0.05) is 0 Å². The molecule has 1 aromatic carbocycles. The van der Waals surface area contributed by atoms with Crippen molar-refractivity contribution in [2.24, 2.45) is 7.05 Å². The second-order valence-electron chi connectivity index (χ2n) is 3.27. The van der Waals surface area contributed by atoms with Crippen LogP contribution in [0.5, 0.6) is 5.75 Å². The van der Waals surface area contributed by atoms with Crippen molar-refractivity contribution in [3.8, 4) is 17.0 Å². The minimum Gasteiger partial charge on any atom is -0.508 e. The summed E-state index contributed by atoms with van der Waals surface area (Å²) < 4.78 is 1.59. The number of aromatic nitrogens is 2. The molecule has 0 spiro atoms. The molecule has 76 valence electrons. The van der Waals surface area contributed by atoms with Gasteiger partial charge in [0.25, 0.3) is 0 Å². The first-order valence-corrected chi connectivity index (χ1v) is 4.49. The van der Waals surface area contributed by atoms with Gasteiger partial charge in [-0.3, -0.25) is 9.48 Å². The lowest BCUT2D eigenvalue weighted by atomic mass is 10.1. The maximum Gasteiger partial charge on any atom is 0.153 e. The number of benzene rings is 1. The van der Waals surface area contributed by atoms with E-state index in [1.165, 1.54) is 0 Å². The van der Waals surface area contributed by atoms with E-state index in [9.17, 15) is 4.79 Å². The van der Waals surface area contributed by atoms with Crippen molar-refractivity contribution in [1.29, 1.82) is 0 Å². The molecule has 0 amide bonds. The molecular formula is C11H10N2O2. The third-order valence-corrected chi connectivity index (χ3v) is 2.12. The summed E-state index contributed by atoms with van der Waals surface area (Å²) >= 11 is 0. The van der Waals surface area contributed by atoms with Gasteiger partial charge in [-0.15, -0.1) is 0 Å². The molecule has 0 aliphatic rings. The predicted molar refractivity (Wildman–Crippen MR) is 55.7 cm³/mol. The lowest BCUT2D eigenvalue weighted by Gasteiger charge is -1.97. The summed E-state index contributed by atoms with van der Waals surface area (Å²) in [5, 5.41) is 13.3. The van der Waals surface area contributed by atoms with Gasteiger partial charge in [0.1, 0.15) is 11.4 Å². The molecule has 0 unspecified atom stereocenters. The Morgan fingerprint density at radius 3 is 2.60 bits per heavy atom. The first kappa shape index (κ1) is 9.45. The third kappa shape index (κ3) is 1.74. The molecule has 0 bridgehead atoms. The average Bonchev–Trinajstić information content (AvgIpc) is 2.61. The van der Waals surface area contributed by atoms with E-state index in [0.29, 0.717) is 11.3 Å². The van der Waals surface area contributed by atoms with Gasteiger partial charge in [-0.2, -0.15) is 5.10 Å². The topological polar surface area (TPSA) is 55.1 Å². The van der Waals surface area contributed by atoms with E-state index in [0.717, 1.165) is 11.8 Å². The normalized spacial score (nSPS) is 10.2. The van der Waals surface area contributed by atoms with Crippen LogP contribution in [0.4, 0.5) is 0 Å². The number of aldehydes is 1. The molecule has 4 heteroatoms. The Kier molecular flexibility index (Phi) is 2.25. The maximum absolute atomic E-state index is 10.8. The van der Waals surface area contributed by atoms with Gasteiger partial charge in [0.15, 0.2) is 6.29 Å². The van der Waals surface area contributed by atoms with Gasteiger partial charge in [-0.05, 0) is 24.3 Å². The predicted octanol–water partition coefficient (Wildman–Crippen LogP) is 1.61. The third-order valence-electron chi connectivity index (χ3n) is 2.12. The number of hydrogen-bond acceptors (Lipinski definition) is 3. The molecule has 0 radical (unpaired) electrons. The molecule has 0 atom stereocenters. The molecule has 1 N–H and O–H groups in total. The van der Waals surface area contributed by atoms with Gasteiger partial charge in [0.2, 0.25) is 0 Å². The lowest BCUT2D eigenvalue weighted by molar-refractivity contribution is 0.112. The summed E-state index contributed by atoms with van der Waals surface area (Å²) in [5.74, 6) is 0.197. The van der Waals surface area contributed by atoms with Crippen LogP contribution in [-0.2, 0) is 7.05 Å². The highest BCUT2D eigenvalue weighted by atomic mass is 16.3. The summed E-state index contributed by atoms with van der Waals surface area (Å²) in [6, 6.07) is 6.59. The van der Waals surface area contributed by atoms with E-state index in [2.05, 4.69) is 5.10 Å². The van der Waals surface area contributed by atoms with Crippen LogP contribution in [0.25, 0.3) is 11.3 Å². The summed E-state index contributed by atoms with van der Waals surface area (Å²) in [4.78, 5) is 10.8. The van der Waals surface area contributed by atoms with Crippen molar-refractivity contribution in [2.45, 2.75) is 0 Å². The Hall–Kier alpha value is -2.10. The Morgan fingerprint density at radius 1 is 1.33 bits per heavy atom. The SMILES string of the molecule is Cn1cc(C=O)c(-c2ccc(O)cc2)n1. The second-order valence-corrected chi connectivity index (χ2v) is 3.27. The minimum atomic E-state index is 0.197. The first-order valence-electron chi connectivity index (χ1n) is 4.49. The molecule has 2 aromatic rings. The Bertz CT molecular complexity index is 486. The van der Waals surface area contributed by atoms with E-state index in [1.807, 2.05) is 0 Å². The minimum absolute atomic E-state index is 0.197. The van der Waals surface area contributed by atoms with E-state index >= 15 is 0 Å². The van der Waals surface area contributed by atoms with Gasteiger partial charge < -0.3 is 5.11 Å². The van der Waals surface area contributed by atoms with Crippen molar-refractivity contribution in [1.82, 2.24) is 9.78 Å². The number of nitrogens with zero attached hydrogens (tertiary/aromatic N) is 2. The van der Waals surface area contributed by atoms with Crippen molar-refractivity contribution in [2.75, 3.05) is 0 Å². The van der Waals surface area contributed by atoms with Crippen LogP contribution in [-0.4, -0.2) is 21.2 Å². The highest BCUT2D eigenvalue weighted by Gasteiger charge is 2.08. The van der Waals surface area contributed by atoms with E-state index in [-0.39, 0.29) is 5.75 Å². The fraction of sp³-hybridized carbons (Fsp3) is 0.0909. The van der Waals surface area contributed by atoms with E-state index < -0.39 is 0 Å². The Morgan fingerprint density at radius 2 is 2.00 bits per heavy atom. The standard InChI is InChI=1S/C11H10N2O2/c1-13-6-9(7-14)11(12-13)8-2-4-10(15)5-3-8/h2-7,15H,1H3. The fourth-order valence-corrected chi connectivity index (χ4v) is 1.44. The summed E-state index contributed by atoms with van der Waals surface area (Å²) in [6.07, 6.45) is 2.43. The van der Waals surface area contributed by atoms with Crippen LogP contribution in [0.15, 0.2) is 30.5 Å². The first-order chi connectivity index (χ1) is 7.20. The highest BCUT2D eigenvalue weighted by molar-refractivity contribution is 5.85. The largest absolute Gasteiger partial charge is 0.508 e. The molecule has 0 saturated heterocycles. The van der Waals surface area contributed by atoms with Crippen molar-refractivity contribution in [3.05, 3.63) is 36.0 Å². The van der Waals surface area contributed by atoms with Crippen LogP contribution < -0.4 is 0 Å². The van der Waals surface area contributed by atoms with Gasteiger partial charge in [0.05, 0.1) is 5.56 Å². The number of phenolic OH excluding ortho intramolecular Hbond substituents is 1. The second kappa shape index (κ2) is 3.57. The van der Waals surface area contributed by atoms with Gasteiger partial charge in [0, 0.05) is 18.8 Å². The molecule has 0 saturated carbocycles. The number of phenols is 1. The molecule has 2 rings (SSSR count). The number of rotatable bonds is 2. The van der Waals surface area contributed by atoms with Crippen LogP contribution in [0.3, 0.4) is 0 Å². The zero-order valence-electron chi connectivity index (χ0n) is 8.21. The monoisotopic (exact) mass is 202 g/mol. The number of hydrogen-bond donors (Lipinski definition) is 1. The Labute approximate surface area is 86.8 Å². The quantitative estimate of drug-likeness (QED) is 0.752. The van der Waals surface area contributed by atoms with Crippen LogP contribution in [0.1, 0.15) is 10.4 Å². The van der Waals surface area contributed by atoms with Crippen molar-refractivity contribution >= 4 is 6.29 Å². The van der Waals surface area contributed by atoms with Crippen LogP contribution in [0, 0.1) is 0 Å². The Balaban J connectivity index is 2.52. The van der Waals surface area contributed by atoms with Gasteiger partial charge >= 0.3 is 0 Å². The molecular weight excluding hydrogens is 192 g/mol. The van der Waals surface area contributed by atoms with Crippen molar-refractivity contribution in [3.63, 3.8) is 0 Å². The van der Waals surface area contributed by atoms with E-state index in [1.54, 1.807) is 42.2 Å². The zero-order valence-corrected chi connectivity index (χ0v) is 8.21. The van der Waals surface area contributed by atoms with Crippen LogP contribution >= 0.6 is 0 Å². The summed E-state index contributed by atoms with van der Waals surface area (Å²) in [5.41, 5.74) is 1.99. The van der Waals surface area contributed by atoms with E-state index in [4.69, 9.17) is 5.11 Å². The molecule has 0 aliphatic heterocycles. The molecule has 4 nitrogen and oxygen atoms in total. The number of aryl methyl sites for hydroxylation is 1. The smallest absolute Gasteiger partial charge is 0.153 e. The number of carbonyl (C=O) groups is 1. The summed E-state index contributed by atoms with van der Waals surface area (Å²) in [6.45, 7) is 0. The molecule has 1 heterocycles. The average molecular weight is 202 g/mol. The summed E-state index contributed by atoms with van der Waals surface area (Å²) in [7, 11) is 1.76.